The largest absolute Gasteiger partial charge is 0.366 e. The molecule has 5 heteroatoms. The van der Waals surface area contributed by atoms with Crippen molar-refractivity contribution >= 4 is 17.4 Å². The molecule has 4 nitrogen and oxygen atoms in total. The molecule has 0 aliphatic carbocycles. The van der Waals surface area contributed by atoms with Crippen molar-refractivity contribution in [3.05, 3.63) is 65.3 Å². The highest BCUT2D eigenvalue weighted by Gasteiger charge is 2.24. The van der Waals surface area contributed by atoms with Gasteiger partial charge >= 0.3 is 0 Å². The highest BCUT2D eigenvalue weighted by Crippen LogP contribution is 2.31. The molecule has 1 aromatic heterocycles. The summed E-state index contributed by atoms with van der Waals surface area (Å²) in [7, 11) is 0. The van der Waals surface area contributed by atoms with E-state index >= 15 is 0 Å². The molecule has 1 aliphatic heterocycles. The van der Waals surface area contributed by atoms with E-state index in [9.17, 15) is 0 Å². The van der Waals surface area contributed by atoms with E-state index in [0.717, 1.165) is 22.1 Å². The fourth-order valence-electron chi connectivity index (χ4n) is 2.11. The van der Waals surface area contributed by atoms with Crippen molar-refractivity contribution in [3.8, 4) is 0 Å². The first-order valence-electron chi connectivity index (χ1n) is 6.00. The molecule has 0 radical (unpaired) electrons. The maximum Gasteiger partial charge on any atom is 0.138 e. The third kappa shape index (κ3) is 2.27. The lowest BCUT2D eigenvalue weighted by molar-refractivity contribution is 0.661. The Morgan fingerprint density at radius 3 is 2.89 bits per heavy atom. The zero-order valence-electron chi connectivity index (χ0n) is 10.4. The van der Waals surface area contributed by atoms with Gasteiger partial charge < -0.3 is 10.2 Å². The van der Waals surface area contributed by atoms with Crippen molar-refractivity contribution in [2.45, 2.75) is 13.1 Å². The quantitative estimate of drug-likeness (QED) is 0.912. The second kappa shape index (κ2) is 4.90. The summed E-state index contributed by atoms with van der Waals surface area (Å²) in [5.41, 5.74) is 1.95. The number of aryl methyl sites for hydroxylation is 1. The number of nitrogens with one attached hydrogen (secondary N) is 1. The van der Waals surface area contributed by atoms with Gasteiger partial charge in [-0.2, -0.15) is 0 Å². The fourth-order valence-corrected chi connectivity index (χ4v) is 2.35. The van der Waals surface area contributed by atoms with Crippen LogP contribution in [0.5, 0.6) is 0 Å². The number of nitrogens with zero attached hydrogens (tertiary/aromatic N) is 3. The van der Waals surface area contributed by atoms with Gasteiger partial charge in [-0.05, 0) is 13.0 Å². The molecule has 0 fully saturated rings. The number of hydrogen-bond acceptors (Lipinski definition) is 4. The summed E-state index contributed by atoms with van der Waals surface area (Å²) in [6.07, 6.45) is 5.38. The standard InChI is InChI=1S/C14H13ClN4/c1-10-8-13(18-9-17-10)19-7-6-16-14(19)11-4-2-3-5-12(11)15/h2-9,14,16H,1H3. The van der Waals surface area contributed by atoms with Gasteiger partial charge in [-0.1, -0.05) is 29.8 Å². The van der Waals surface area contributed by atoms with Crippen molar-refractivity contribution in [1.29, 1.82) is 0 Å². The second-order valence-corrected chi connectivity index (χ2v) is 4.74. The average Bonchev–Trinajstić information content (AvgIpc) is 2.88. The van der Waals surface area contributed by atoms with E-state index in [1.54, 1.807) is 6.33 Å². The van der Waals surface area contributed by atoms with Crippen LogP contribution in [0.25, 0.3) is 0 Å². The van der Waals surface area contributed by atoms with Gasteiger partial charge in [0.15, 0.2) is 0 Å². The topological polar surface area (TPSA) is 41.0 Å². The molecular weight excluding hydrogens is 260 g/mol. The predicted octanol–water partition coefficient (Wildman–Crippen LogP) is 3.02. The van der Waals surface area contributed by atoms with Crippen LogP contribution in [0.2, 0.25) is 5.02 Å². The minimum absolute atomic E-state index is 0.0389. The van der Waals surface area contributed by atoms with Crippen LogP contribution in [0.4, 0.5) is 5.82 Å². The maximum atomic E-state index is 6.26. The van der Waals surface area contributed by atoms with Gasteiger partial charge in [0.2, 0.25) is 0 Å². The summed E-state index contributed by atoms with van der Waals surface area (Å²) < 4.78 is 0. The van der Waals surface area contributed by atoms with Crippen molar-refractivity contribution in [2.75, 3.05) is 4.90 Å². The third-order valence-corrected chi connectivity index (χ3v) is 3.37. The van der Waals surface area contributed by atoms with Crippen molar-refractivity contribution in [3.63, 3.8) is 0 Å². The Morgan fingerprint density at radius 2 is 2.11 bits per heavy atom. The van der Waals surface area contributed by atoms with Crippen LogP contribution in [0, 0.1) is 6.92 Å². The monoisotopic (exact) mass is 272 g/mol. The molecule has 19 heavy (non-hydrogen) atoms. The Hall–Kier alpha value is -2.07. The molecule has 1 atom stereocenters. The molecule has 1 N–H and O–H groups in total. The zero-order valence-corrected chi connectivity index (χ0v) is 11.2. The lowest BCUT2D eigenvalue weighted by atomic mass is 10.1. The van der Waals surface area contributed by atoms with E-state index in [1.807, 2.05) is 54.6 Å². The van der Waals surface area contributed by atoms with Crippen LogP contribution in [0.3, 0.4) is 0 Å². The Balaban J connectivity index is 1.98. The molecule has 0 amide bonds. The van der Waals surface area contributed by atoms with Gasteiger partial charge in [-0.25, -0.2) is 9.97 Å². The van der Waals surface area contributed by atoms with Crippen LogP contribution in [-0.4, -0.2) is 9.97 Å². The summed E-state index contributed by atoms with van der Waals surface area (Å²) in [5.74, 6) is 0.846. The van der Waals surface area contributed by atoms with Gasteiger partial charge in [0.1, 0.15) is 18.3 Å². The van der Waals surface area contributed by atoms with Gasteiger partial charge in [0.05, 0.1) is 0 Å². The molecule has 96 valence electrons. The van der Waals surface area contributed by atoms with Gasteiger partial charge in [-0.15, -0.1) is 0 Å². The van der Waals surface area contributed by atoms with Crippen molar-refractivity contribution < 1.29 is 0 Å². The Bertz CT molecular complexity index is 626. The summed E-state index contributed by atoms with van der Waals surface area (Å²) in [6, 6.07) is 9.74. The Morgan fingerprint density at radius 1 is 1.26 bits per heavy atom. The fraction of sp³-hybridized carbons (Fsp3) is 0.143. The lowest BCUT2D eigenvalue weighted by Gasteiger charge is -2.25. The van der Waals surface area contributed by atoms with Crippen LogP contribution in [0.15, 0.2) is 49.1 Å². The van der Waals surface area contributed by atoms with E-state index in [4.69, 9.17) is 11.6 Å². The van der Waals surface area contributed by atoms with E-state index < -0.39 is 0 Å². The number of anilines is 1. The summed E-state index contributed by atoms with van der Waals surface area (Å²) in [4.78, 5) is 10.5. The summed E-state index contributed by atoms with van der Waals surface area (Å²) in [5, 5.41) is 4.02. The number of hydrogen-bond donors (Lipinski definition) is 1. The first-order chi connectivity index (χ1) is 9.25. The molecule has 2 aromatic rings. The van der Waals surface area contributed by atoms with Gasteiger partial charge in [-0.3, -0.25) is 0 Å². The minimum atomic E-state index is -0.0389. The summed E-state index contributed by atoms with van der Waals surface area (Å²) in [6.45, 7) is 1.95. The first-order valence-corrected chi connectivity index (χ1v) is 6.37. The SMILES string of the molecule is Cc1cc(N2C=CNC2c2ccccc2Cl)ncn1. The van der Waals surface area contributed by atoms with Crippen LogP contribution >= 0.6 is 11.6 Å². The highest BCUT2D eigenvalue weighted by atomic mass is 35.5. The van der Waals surface area contributed by atoms with E-state index in [2.05, 4.69) is 15.3 Å². The average molecular weight is 273 g/mol. The van der Waals surface area contributed by atoms with Crippen molar-refractivity contribution in [1.82, 2.24) is 15.3 Å². The van der Waals surface area contributed by atoms with E-state index in [-0.39, 0.29) is 6.17 Å². The molecular formula is C14H13ClN4. The van der Waals surface area contributed by atoms with E-state index in [0.29, 0.717) is 0 Å². The smallest absolute Gasteiger partial charge is 0.138 e. The molecule has 2 heterocycles. The minimum Gasteiger partial charge on any atom is -0.366 e. The number of benzene rings is 1. The normalized spacial score (nSPS) is 17.6. The Labute approximate surface area is 116 Å². The van der Waals surface area contributed by atoms with Crippen LogP contribution in [-0.2, 0) is 0 Å². The predicted molar refractivity (Wildman–Crippen MR) is 75.7 cm³/mol. The van der Waals surface area contributed by atoms with Gasteiger partial charge in [0, 0.05) is 34.7 Å². The number of halogens is 1. The molecule has 0 saturated carbocycles. The molecule has 1 aromatic carbocycles. The number of rotatable bonds is 2. The molecule has 0 saturated heterocycles. The first kappa shape index (κ1) is 12.0. The number of aromatic nitrogens is 2. The Kier molecular flexibility index (Phi) is 3.09. The molecule has 3 rings (SSSR count). The van der Waals surface area contributed by atoms with Crippen LogP contribution in [0.1, 0.15) is 17.4 Å². The summed E-state index contributed by atoms with van der Waals surface area (Å²) >= 11 is 6.26. The highest BCUT2D eigenvalue weighted by molar-refractivity contribution is 6.31. The zero-order chi connectivity index (χ0) is 13.2. The molecule has 1 aliphatic rings. The third-order valence-electron chi connectivity index (χ3n) is 3.02. The van der Waals surface area contributed by atoms with Crippen LogP contribution < -0.4 is 10.2 Å². The molecule has 0 bridgehead atoms. The van der Waals surface area contributed by atoms with E-state index in [1.165, 1.54) is 0 Å². The molecule has 0 spiro atoms. The second-order valence-electron chi connectivity index (χ2n) is 4.33. The molecule has 1 unspecified atom stereocenters. The lowest BCUT2D eigenvalue weighted by Crippen LogP contribution is -2.27. The van der Waals surface area contributed by atoms with Gasteiger partial charge in [0.25, 0.3) is 0 Å². The van der Waals surface area contributed by atoms with Crippen molar-refractivity contribution in [2.24, 2.45) is 0 Å². The maximum absolute atomic E-state index is 6.26.